The van der Waals surface area contributed by atoms with Crippen LogP contribution in [-0.2, 0) is 14.8 Å². The Labute approximate surface area is 127 Å². The van der Waals surface area contributed by atoms with E-state index in [0.29, 0.717) is 37.1 Å². The molecule has 116 valence electrons. The minimum absolute atomic E-state index is 0.384. The van der Waals surface area contributed by atoms with Crippen molar-refractivity contribution in [2.75, 3.05) is 26.3 Å². The summed E-state index contributed by atoms with van der Waals surface area (Å²) in [6.07, 6.45) is 3.43. The van der Waals surface area contributed by atoms with Crippen LogP contribution in [0.2, 0.25) is 0 Å². The van der Waals surface area contributed by atoms with E-state index < -0.39 is 10.0 Å². The van der Waals surface area contributed by atoms with Crippen molar-refractivity contribution in [3.63, 3.8) is 0 Å². The third kappa shape index (κ3) is 4.15. The van der Waals surface area contributed by atoms with Gasteiger partial charge in [0.15, 0.2) is 0 Å². The molecule has 0 N–H and O–H groups in total. The third-order valence-electron chi connectivity index (χ3n) is 3.82. The maximum atomic E-state index is 12.5. The fraction of sp³-hybridized carbons (Fsp3) is 0.500. The summed E-state index contributed by atoms with van der Waals surface area (Å²) in [5, 5.41) is 0. The lowest BCUT2D eigenvalue weighted by atomic mass is 9.99. The molecule has 0 radical (unpaired) electrons. The predicted octanol–water partition coefficient (Wildman–Crippen LogP) is 2.60. The molecule has 0 unspecified atom stereocenters. The fourth-order valence-corrected chi connectivity index (χ4v) is 3.96. The monoisotopic (exact) mass is 309 g/mol. The molecule has 4 nitrogen and oxygen atoms in total. The normalized spacial score (nSPS) is 17.8. The molecule has 1 aliphatic heterocycles. The molecule has 5 heteroatoms. The number of benzene rings is 1. The van der Waals surface area contributed by atoms with E-state index >= 15 is 0 Å². The first-order valence-corrected chi connectivity index (χ1v) is 8.73. The molecular formula is C16H23NO3S. The number of piperidine rings is 1. The lowest BCUT2D eigenvalue weighted by Crippen LogP contribution is -2.39. The lowest BCUT2D eigenvalue weighted by Gasteiger charge is -2.31. The number of hydrogen-bond donors (Lipinski definition) is 0. The van der Waals surface area contributed by atoms with E-state index in [2.05, 4.69) is 6.58 Å². The average Bonchev–Trinajstić information content (AvgIpc) is 2.48. The predicted molar refractivity (Wildman–Crippen MR) is 83.7 cm³/mol. The second-order valence-corrected chi connectivity index (χ2v) is 7.42. The van der Waals surface area contributed by atoms with Crippen molar-refractivity contribution in [1.82, 2.24) is 4.31 Å². The molecule has 1 aliphatic rings. The second-order valence-electron chi connectivity index (χ2n) is 5.49. The topological polar surface area (TPSA) is 46.6 Å². The van der Waals surface area contributed by atoms with Gasteiger partial charge in [0, 0.05) is 19.7 Å². The molecule has 1 saturated heterocycles. The van der Waals surface area contributed by atoms with Gasteiger partial charge < -0.3 is 4.74 Å². The van der Waals surface area contributed by atoms with Crippen LogP contribution in [0.1, 0.15) is 18.4 Å². The molecular weight excluding hydrogens is 286 g/mol. The first-order valence-electron chi connectivity index (χ1n) is 7.29. The third-order valence-corrected chi connectivity index (χ3v) is 5.73. The summed E-state index contributed by atoms with van der Waals surface area (Å²) >= 11 is 0. The largest absolute Gasteiger partial charge is 0.377 e. The van der Waals surface area contributed by atoms with Gasteiger partial charge in [0.1, 0.15) is 0 Å². The number of ether oxygens (including phenoxy) is 1. The Morgan fingerprint density at radius 2 is 1.90 bits per heavy atom. The van der Waals surface area contributed by atoms with Crippen LogP contribution in [0.25, 0.3) is 0 Å². The summed E-state index contributed by atoms with van der Waals surface area (Å²) in [5.41, 5.74) is 1.06. The van der Waals surface area contributed by atoms with Crippen molar-refractivity contribution >= 4 is 10.0 Å². The summed E-state index contributed by atoms with van der Waals surface area (Å²) in [7, 11) is -3.35. The van der Waals surface area contributed by atoms with E-state index in [9.17, 15) is 8.42 Å². The van der Waals surface area contributed by atoms with Crippen molar-refractivity contribution in [3.8, 4) is 0 Å². The molecule has 2 rings (SSSR count). The maximum Gasteiger partial charge on any atom is 0.243 e. The van der Waals surface area contributed by atoms with Crippen molar-refractivity contribution in [3.05, 3.63) is 42.5 Å². The lowest BCUT2D eigenvalue weighted by molar-refractivity contribution is 0.0982. The van der Waals surface area contributed by atoms with Crippen LogP contribution < -0.4 is 0 Å². The van der Waals surface area contributed by atoms with Crippen LogP contribution in [0.3, 0.4) is 0 Å². The van der Waals surface area contributed by atoms with Gasteiger partial charge >= 0.3 is 0 Å². The van der Waals surface area contributed by atoms with Gasteiger partial charge in [0.25, 0.3) is 0 Å². The van der Waals surface area contributed by atoms with E-state index in [-0.39, 0.29) is 0 Å². The smallest absolute Gasteiger partial charge is 0.243 e. The van der Waals surface area contributed by atoms with Gasteiger partial charge in [-0.25, -0.2) is 8.42 Å². The van der Waals surface area contributed by atoms with Gasteiger partial charge in [-0.05, 0) is 37.8 Å². The Bertz CT molecular complexity index is 558. The SMILES string of the molecule is C=CCOCC1CCN(S(=O)(=O)c2ccc(C)cc2)CC1. The standard InChI is InChI=1S/C16H23NO3S/c1-3-12-20-13-15-8-10-17(11-9-15)21(18,19)16-6-4-14(2)5-7-16/h3-7,15H,1,8-13H2,2H3. The van der Waals surface area contributed by atoms with E-state index in [1.54, 1.807) is 22.5 Å². The number of hydrogen-bond acceptors (Lipinski definition) is 3. The van der Waals surface area contributed by atoms with Crippen LogP contribution >= 0.6 is 0 Å². The molecule has 0 atom stereocenters. The van der Waals surface area contributed by atoms with E-state index in [0.717, 1.165) is 18.4 Å². The second kappa shape index (κ2) is 7.20. The highest BCUT2D eigenvalue weighted by atomic mass is 32.2. The van der Waals surface area contributed by atoms with Gasteiger partial charge in [0.2, 0.25) is 10.0 Å². The molecule has 0 aromatic heterocycles. The summed E-state index contributed by atoms with van der Waals surface area (Å²) < 4.78 is 32.1. The minimum Gasteiger partial charge on any atom is -0.377 e. The highest BCUT2D eigenvalue weighted by Crippen LogP contribution is 2.24. The number of sulfonamides is 1. The molecule has 1 fully saturated rings. The van der Waals surface area contributed by atoms with Crippen LogP contribution in [0.15, 0.2) is 41.8 Å². The number of rotatable bonds is 6. The Balaban J connectivity index is 1.94. The molecule has 1 aromatic rings. The molecule has 0 saturated carbocycles. The molecule has 0 bridgehead atoms. The van der Waals surface area contributed by atoms with Crippen LogP contribution in [0.5, 0.6) is 0 Å². The summed E-state index contributed by atoms with van der Waals surface area (Å²) in [4.78, 5) is 0.384. The van der Waals surface area contributed by atoms with Gasteiger partial charge in [0.05, 0.1) is 11.5 Å². The molecule has 0 amide bonds. The van der Waals surface area contributed by atoms with Crippen molar-refractivity contribution in [2.24, 2.45) is 5.92 Å². The maximum absolute atomic E-state index is 12.5. The Morgan fingerprint density at radius 1 is 1.29 bits per heavy atom. The Kier molecular flexibility index (Phi) is 5.56. The van der Waals surface area contributed by atoms with E-state index in [1.807, 2.05) is 19.1 Å². The van der Waals surface area contributed by atoms with E-state index in [4.69, 9.17) is 4.74 Å². The first-order chi connectivity index (χ1) is 10.0. The average molecular weight is 309 g/mol. The highest BCUT2D eigenvalue weighted by Gasteiger charge is 2.29. The molecule has 0 spiro atoms. The highest BCUT2D eigenvalue weighted by molar-refractivity contribution is 7.89. The molecule has 1 aromatic carbocycles. The quantitative estimate of drug-likeness (QED) is 0.599. The molecule has 21 heavy (non-hydrogen) atoms. The van der Waals surface area contributed by atoms with Gasteiger partial charge in [-0.2, -0.15) is 4.31 Å². The Hall–Kier alpha value is -1.17. The van der Waals surface area contributed by atoms with Crippen molar-refractivity contribution in [1.29, 1.82) is 0 Å². The fourth-order valence-electron chi connectivity index (χ4n) is 2.49. The van der Waals surface area contributed by atoms with Crippen LogP contribution in [0, 0.1) is 12.8 Å². The molecule has 1 heterocycles. The zero-order valence-corrected chi connectivity index (χ0v) is 13.3. The van der Waals surface area contributed by atoms with Crippen molar-refractivity contribution in [2.45, 2.75) is 24.7 Å². The van der Waals surface area contributed by atoms with Crippen LogP contribution in [-0.4, -0.2) is 39.0 Å². The number of nitrogens with zero attached hydrogens (tertiary/aromatic N) is 1. The van der Waals surface area contributed by atoms with Gasteiger partial charge in [-0.1, -0.05) is 23.8 Å². The zero-order valence-electron chi connectivity index (χ0n) is 12.5. The van der Waals surface area contributed by atoms with Gasteiger partial charge in [-0.15, -0.1) is 6.58 Å². The van der Waals surface area contributed by atoms with Gasteiger partial charge in [-0.3, -0.25) is 0 Å². The zero-order chi connectivity index (χ0) is 15.3. The molecule has 0 aliphatic carbocycles. The number of aryl methyl sites for hydroxylation is 1. The summed E-state index contributed by atoms with van der Waals surface area (Å²) in [5.74, 6) is 0.439. The summed E-state index contributed by atoms with van der Waals surface area (Å²) in [6, 6.07) is 7.04. The van der Waals surface area contributed by atoms with E-state index in [1.165, 1.54) is 0 Å². The Morgan fingerprint density at radius 3 is 2.48 bits per heavy atom. The van der Waals surface area contributed by atoms with Crippen LogP contribution in [0.4, 0.5) is 0 Å². The summed E-state index contributed by atoms with van der Waals surface area (Å²) in [6.45, 7) is 7.94. The van der Waals surface area contributed by atoms with Crippen molar-refractivity contribution < 1.29 is 13.2 Å². The first kappa shape index (κ1) is 16.2. The minimum atomic E-state index is -3.35.